The zero-order chi connectivity index (χ0) is 8.54. The third-order valence-corrected chi connectivity index (χ3v) is 2.16. The van der Waals surface area contributed by atoms with E-state index >= 15 is 0 Å². The van der Waals surface area contributed by atoms with E-state index in [4.69, 9.17) is 5.11 Å². The SMILES string of the molecule is O=CC1(CO)CCC(F)(F)C1. The number of hydrogen-bond acceptors (Lipinski definition) is 2. The van der Waals surface area contributed by atoms with Crippen molar-refractivity contribution in [3.05, 3.63) is 0 Å². The second kappa shape index (κ2) is 2.52. The van der Waals surface area contributed by atoms with E-state index in [9.17, 15) is 13.6 Å². The van der Waals surface area contributed by atoms with E-state index in [0.29, 0.717) is 6.29 Å². The summed E-state index contributed by atoms with van der Waals surface area (Å²) >= 11 is 0. The van der Waals surface area contributed by atoms with Gasteiger partial charge < -0.3 is 9.90 Å². The van der Waals surface area contributed by atoms with Crippen LogP contribution in [0.5, 0.6) is 0 Å². The number of aliphatic hydroxyl groups excluding tert-OH is 1. The Bertz CT molecular complexity index is 170. The van der Waals surface area contributed by atoms with Gasteiger partial charge in [-0.05, 0) is 6.42 Å². The van der Waals surface area contributed by atoms with Gasteiger partial charge in [0.1, 0.15) is 6.29 Å². The molecule has 0 spiro atoms. The minimum absolute atomic E-state index is 0.0972. The number of carbonyl (C=O) groups excluding carboxylic acids is 1. The van der Waals surface area contributed by atoms with Gasteiger partial charge in [0, 0.05) is 12.8 Å². The standard InChI is InChI=1S/C7H10F2O2/c8-7(9)2-1-6(3-7,4-10)5-11/h4,11H,1-3,5H2. The quantitative estimate of drug-likeness (QED) is 0.618. The lowest BCUT2D eigenvalue weighted by atomic mass is 9.89. The maximum absolute atomic E-state index is 12.5. The molecule has 1 aliphatic carbocycles. The highest BCUT2D eigenvalue weighted by molar-refractivity contribution is 5.60. The zero-order valence-electron chi connectivity index (χ0n) is 6.02. The summed E-state index contributed by atoms with van der Waals surface area (Å²) in [6.07, 6.45) is -0.236. The van der Waals surface area contributed by atoms with Crippen LogP contribution < -0.4 is 0 Å². The van der Waals surface area contributed by atoms with Crippen LogP contribution in [0.4, 0.5) is 8.78 Å². The van der Waals surface area contributed by atoms with Crippen LogP contribution in [-0.4, -0.2) is 23.9 Å². The van der Waals surface area contributed by atoms with Gasteiger partial charge in [-0.2, -0.15) is 0 Å². The van der Waals surface area contributed by atoms with Gasteiger partial charge in [0.15, 0.2) is 0 Å². The zero-order valence-corrected chi connectivity index (χ0v) is 6.02. The van der Waals surface area contributed by atoms with E-state index in [1.807, 2.05) is 0 Å². The van der Waals surface area contributed by atoms with E-state index in [0.717, 1.165) is 0 Å². The van der Waals surface area contributed by atoms with Crippen LogP contribution in [0.15, 0.2) is 0 Å². The molecule has 1 unspecified atom stereocenters. The molecule has 0 aromatic carbocycles. The molecule has 2 nitrogen and oxygen atoms in total. The highest BCUT2D eigenvalue weighted by Gasteiger charge is 2.49. The second-order valence-electron chi connectivity index (χ2n) is 3.17. The van der Waals surface area contributed by atoms with E-state index in [-0.39, 0.29) is 12.8 Å². The summed E-state index contributed by atoms with van der Waals surface area (Å²) < 4.78 is 25.1. The molecule has 0 bridgehead atoms. The Kier molecular flexibility index (Phi) is 1.96. The Morgan fingerprint density at radius 3 is 2.27 bits per heavy atom. The number of aliphatic hydroxyl groups is 1. The van der Waals surface area contributed by atoms with Gasteiger partial charge in [-0.15, -0.1) is 0 Å². The van der Waals surface area contributed by atoms with E-state index < -0.39 is 24.4 Å². The molecule has 0 saturated heterocycles. The molecule has 11 heavy (non-hydrogen) atoms. The highest BCUT2D eigenvalue weighted by Crippen LogP contribution is 2.45. The molecule has 0 aliphatic heterocycles. The maximum atomic E-state index is 12.5. The Balaban J connectivity index is 2.70. The Morgan fingerprint density at radius 2 is 2.09 bits per heavy atom. The lowest BCUT2D eigenvalue weighted by Crippen LogP contribution is -2.25. The van der Waals surface area contributed by atoms with Gasteiger partial charge in [-0.1, -0.05) is 0 Å². The third-order valence-electron chi connectivity index (χ3n) is 2.16. The number of hydrogen-bond donors (Lipinski definition) is 1. The van der Waals surface area contributed by atoms with Crippen molar-refractivity contribution in [2.24, 2.45) is 5.41 Å². The van der Waals surface area contributed by atoms with Crippen LogP contribution in [-0.2, 0) is 4.79 Å². The van der Waals surface area contributed by atoms with Crippen LogP contribution in [0.3, 0.4) is 0 Å². The van der Waals surface area contributed by atoms with Crippen molar-refractivity contribution in [2.45, 2.75) is 25.2 Å². The fourth-order valence-electron chi connectivity index (χ4n) is 1.40. The smallest absolute Gasteiger partial charge is 0.249 e. The Hall–Kier alpha value is -0.510. The highest BCUT2D eigenvalue weighted by atomic mass is 19.3. The minimum atomic E-state index is -2.76. The molecule has 0 aromatic heterocycles. The van der Waals surface area contributed by atoms with Crippen molar-refractivity contribution >= 4 is 6.29 Å². The van der Waals surface area contributed by atoms with Crippen molar-refractivity contribution in [1.29, 1.82) is 0 Å². The lowest BCUT2D eigenvalue weighted by Gasteiger charge is -2.17. The van der Waals surface area contributed by atoms with Crippen molar-refractivity contribution in [2.75, 3.05) is 6.61 Å². The molecule has 0 amide bonds. The topological polar surface area (TPSA) is 37.3 Å². The number of carbonyl (C=O) groups is 1. The van der Waals surface area contributed by atoms with Crippen LogP contribution in [0, 0.1) is 5.41 Å². The van der Waals surface area contributed by atoms with Gasteiger partial charge in [0.2, 0.25) is 5.92 Å². The first-order valence-electron chi connectivity index (χ1n) is 3.49. The largest absolute Gasteiger partial charge is 0.395 e. The van der Waals surface area contributed by atoms with E-state index in [1.54, 1.807) is 0 Å². The summed E-state index contributed by atoms with van der Waals surface area (Å²) in [5, 5.41) is 8.68. The summed E-state index contributed by atoms with van der Waals surface area (Å²) in [7, 11) is 0. The normalized spacial score (nSPS) is 35.5. The Labute approximate surface area is 63.2 Å². The second-order valence-corrected chi connectivity index (χ2v) is 3.17. The molecule has 0 radical (unpaired) electrons. The van der Waals surface area contributed by atoms with Crippen molar-refractivity contribution < 1.29 is 18.7 Å². The van der Waals surface area contributed by atoms with Crippen molar-refractivity contribution in [3.8, 4) is 0 Å². The van der Waals surface area contributed by atoms with Crippen LogP contribution in [0.2, 0.25) is 0 Å². The molecule has 1 N–H and O–H groups in total. The summed E-state index contributed by atoms with van der Waals surface area (Å²) in [4.78, 5) is 10.4. The molecule has 0 heterocycles. The molecule has 0 aromatic rings. The predicted molar refractivity (Wildman–Crippen MR) is 34.4 cm³/mol. The van der Waals surface area contributed by atoms with Gasteiger partial charge in [-0.3, -0.25) is 0 Å². The molecule has 4 heteroatoms. The molecule has 1 rings (SSSR count). The molecule has 1 aliphatic rings. The minimum Gasteiger partial charge on any atom is -0.395 e. The molecule has 1 atom stereocenters. The van der Waals surface area contributed by atoms with Gasteiger partial charge in [0.05, 0.1) is 12.0 Å². The first kappa shape index (κ1) is 8.59. The maximum Gasteiger partial charge on any atom is 0.249 e. The lowest BCUT2D eigenvalue weighted by molar-refractivity contribution is -0.119. The third kappa shape index (κ3) is 1.56. The van der Waals surface area contributed by atoms with Crippen LogP contribution >= 0.6 is 0 Å². The number of alkyl halides is 2. The Morgan fingerprint density at radius 1 is 1.45 bits per heavy atom. The monoisotopic (exact) mass is 164 g/mol. The van der Waals surface area contributed by atoms with Crippen LogP contribution in [0.1, 0.15) is 19.3 Å². The molecule has 1 fully saturated rings. The average molecular weight is 164 g/mol. The van der Waals surface area contributed by atoms with Crippen molar-refractivity contribution in [1.82, 2.24) is 0 Å². The fourth-order valence-corrected chi connectivity index (χ4v) is 1.40. The van der Waals surface area contributed by atoms with E-state index in [2.05, 4.69) is 0 Å². The van der Waals surface area contributed by atoms with Gasteiger partial charge >= 0.3 is 0 Å². The first-order valence-corrected chi connectivity index (χ1v) is 3.49. The fraction of sp³-hybridized carbons (Fsp3) is 0.857. The van der Waals surface area contributed by atoms with Gasteiger partial charge in [0.25, 0.3) is 0 Å². The van der Waals surface area contributed by atoms with Gasteiger partial charge in [-0.25, -0.2) is 8.78 Å². The number of rotatable bonds is 2. The predicted octanol–water partition coefficient (Wildman–Crippen LogP) is 0.983. The first-order chi connectivity index (χ1) is 5.04. The summed E-state index contributed by atoms with van der Waals surface area (Å²) in [5.41, 5.74) is -1.16. The summed E-state index contributed by atoms with van der Waals surface area (Å²) in [6, 6.07) is 0. The molecule has 64 valence electrons. The van der Waals surface area contributed by atoms with Crippen LogP contribution in [0.25, 0.3) is 0 Å². The molecular formula is C7H10F2O2. The molecule has 1 saturated carbocycles. The summed E-state index contributed by atoms with van der Waals surface area (Å²) in [6.45, 7) is -0.466. The number of halogens is 2. The molecular weight excluding hydrogens is 154 g/mol. The summed E-state index contributed by atoms with van der Waals surface area (Å²) in [5.74, 6) is -2.76. The average Bonchev–Trinajstić information content (AvgIpc) is 2.28. The van der Waals surface area contributed by atoms with E-state index in [1.165, 1.54) is 0 Å². The number of aldehydes is 1. The van der Waals surface area contributed by atoms with Crippen molar-refractivity contribution in [3.63, 3.8) is 0 Å².